The Morgan fingerprint density at radius 2 is 1.96 bits per heavy atom. The summed E-state index contributed by atoms with van der Waals surface area (Å²) in [5, 5.41) is 0.273. The van der Waals surface area contributed by atoms with Crippen LogP contribution in [-0.2, 0) is 15.8 Å². The third kappa shape index (κ3) is 5.14. The Morgan fingerprint density at radius 3 is 2.62 bits per heavy atom. The average molecular weight is 386 g/mol. The van der Waals surface area contributed by atoms with Crippen LogP contribution < -0.4 is 9.46 Å². The number of nitrogens with one attached hydrogen (secondary N) is 1. The summed E-state index contributed by atoms with van der Waals surface area (Å²) < 4.78 is 32.1. The second-order valence-corrected chi connectivity index (χ2v) is 8.45. The zero-order valence-corrected chi connectivity index (χ0v) is 16.0. The van der Waals surface area contributed by atoms with Crippen LogP contribution in [0.1, 0.15) is 11.1 Å². The van der Waals surface area contributed by atoms with Gasteiger partial charge in [-0.05, 0) is 36.2 Å². The van der Waals surface area contributed by atoms with Crippen molar-refractivity contribution in [1.29, 1.82) is 0 Å². The van der Waals surface area contributed by atoms with Gasteiger partial charge in [0.1, 0.15) is 5.75 Å². The number of hydrogen-bond acceptors (Lipinski definition) is 4. The predicted octanol–water partition coefficient (Wildman–Crippen LogP) is 3.87. The van der Waals surface area contributed by atoms with Gasteiger partial charge in [-0.2, -0.15) is 11.8 Å². The Morgan fingerprint density at radius 1 is 1.21 bits per heavy atom. The summed E-state index contributed by atoms with van der Waals surface area (Å²) >= 11 is 7.67. The van der Waals surface area contributed by atoms with E-state index in [2.05, 4.69) is 23.8 Å². The van der Waals surface area contributed by atoms with Crippen LogP contribution in [0.2, 0.25) is 5.02 Å². The standard InChI is InChI=1S/C17H20ClNO3S2/c1-13-5-3-4-6-14(13)12-23-10-9-19-24(20,21)15-7-8-17(22-2)16(18)11-15/h3-8,11,19H,9-10,12H2,1-2H3. The summed E-state index contributed by atoms with van der Waals surface area (Å²) in [6.07, 6.45) is 0. The van der Waals surface area contributed by atoms with E-state index in [4.69, 9.17) is 16.3 Å². The van der Waals surface area contributed by atoms with Crippen LogP contribution >= 0.6 is 23.4 Å². The smallest absolute Gasteiger partial charge is 0.240 e. The van der Waals surface area contributed by atoms with Gasteiger partial charge in [0, 0.05) is 18.1 Å². The minimum atomic E-state index is -3.56. The third-order valence-corrected chi connectivity index (χ3v) is 6.25. The molecule has 7 heteroatoms. The largest absolute Gasteiger partial charge is 0.495 e. The van der Waals surface area contributed by atoms with Crippen molar-refractivity contribution in [2.45, 2.75) is 17.6 Å². The molecule has 4 nitrogen and oxygen atoms in total. The van der Waals surface area contributed by atoms with E-state index in [-0.39, 0.29) is 9.92 Å². The fourth-order valence-electron chi connectivity index (χ4n) is 2.10. The predicted molar refractivity (Wildman–Crippen MR) is 101 cm³/mol. The first-order chi connectivity index (χ1) is 11.4. The Labute approximate surface area is 152 Å². The zero-order valence-electron chi connectivity index (χ0n) is 13.6. The highest BCUT2D eigenvalue weighted by Crippen LogP contribution is 2.26. The molecule has 0 spiro atoms. The average Bonchev–Trinajstić information content (AvgIpc) is 2.56. The van der Waals surface area contributed by atoms with E-state index in [0.29, 0.717) is 18.0 Å². The molecular weight excluding hydrogens is 366 g/mol. The molecule has 0 unspecified atom stereocenters. The second-order valence-electron chi connectivity index (χ2n) is 5.17. The number of benzene rings is 2. The molecule has 2 aromatic rings. The van der Waals surface area contributed by atoms with Gasteiger partial charge in [-0.25, -0.2) is 13.1 Å². The maximum Gasteiger partial charge on any atom is 0.240 e. The molecule has 2 rings (SSSR count). The van der Waals surface area contributed by atoms with Gasteiger partial charge < -0.3 is 4.74 Å². The lowest BCUT2D eigenvalue weighted by molar-refractivity contribution is 0.414. The number of aryl methyl sites for hydroxylation is 1. The SMILES string of the molecule is COc1ccc(S(=O)(=O)NCCSCc2ccccc2C)cc1Cl. The maximum absolute atomic E-state index is 12.3. The summed E-state index contributed by atoms with van der Waals surface area (Å²) in [5.74, 6) is 2.00. The van der Waals surface area contributed by atoms with Crippen LogP contribution in [0.25, 0.3) is 0 Å². The summed E-state index contributed by atoms with van der Waals surface area (Å²) in [5.41, 5.74) is 2.52. The minimum Gasteiger partial charge on any atom is -0.495 e. The molecule has 2 aromatic carbocycles. The van der Waals surface area contributed by atoms with Gasteiger partial charge in [-0.1, -0.05) is 35.9 Å². The molecule has 0 amide bonds. The highest BCUT2D eigenvalue weighted by molar-refractivity contribution is 7.98. The van der Waals surface area contributed by atoms with Crippen molar-refractivity contribution in [1.82, 2.24) is 4.72 Å². The zero-order chi connectivity index (χ0) is 17.6. The molecule has 24 heavy (non-hydrogen) atoms. The van der Waals surface area contributed by atoms with Crippen molar-refractivity contribution < 1.29 is 13.2 Å². The van der Waals surface area contributed by atoms with E-state index < -0.39 is 10.0 Å². The summed E-state index contributed by atoms with van der Waals surface area (Å²) in [6, 6.07) is 12.6. The van der Waals surface area contributed by atoms with Crippen molar-refractivity contribution in [2.75, 3.05) is 19.4 Å². The second kappa shape index (κ2) is 8.76. The molecule has 0 atom stereocenters. The fraction of sp³-hybridized carbons (Fsp3) is 0.294. The summed E-state index contributed by atoms with van der Waals surface area (Å²) in [6.45, 7) is 2.44. The molecule has 130 valence electrons. The van der Waals surface area contributed by atoms with Crippen LogP contribution in [0.5, 0.6) is 5.75 Å². The van der Waals surface area contributed by atoms with Crippen molar-refractivity contribution in [2.24, 2.45) is 0 Å². The monoisotopic (exact) mass is 385 g/mol. The van der Waals surface area contributed by atoms with Gasteiger partial charge in [-0.3, -0.25) is 0 Å². The van der Waals surface area contributed by atoms with E-state index in [1.165, 1.54) is 30.4 Å². The van der Waals surface area contributed by atoms with Crippen molar-refractivity contribution in [3.63, 3.8) is 0 Å². The van der Waals surface area contributed by atoms with Crippen LogP contribution in [-0.4, -0.2) is 27.8 Å². The molecule has 0 heterocycles. The van der Waals surface area contributed by atoms with Crippen LogP contribution in [0, 0.1) is 6.92 Å². The van der Waals surface area contributed by atoms with Gasteiger partial charge in [-0.15, -0.1) is 0 Å². The topological polar surface area (TPSA) is 55.4 Å². The first-order valence-electron chi connectivity index (χ1n) is 7.39. The molecule has 0 aliphatic rings. The lowest BCUT2D eigenvalue weighted by atomic mass is 10.1. The number of halogens is 1. The van der Waals surface area contributed by atoms with Gasteiger partial charge in [0.2, 0.25) is 10.0 Å². The molecule has 0 saturated heterocycles. The minimum absolute atomic E-state index is 0.136. The normalized spacial score (nSPS) is 11.5. The van der Waals surface area contributed by atoms with E-state index in [0.717, 1.165) is 5.75 Å². The van der Waals surface area contributed by atoms with E-state index >= 15 is 0 Å². The molecule has 0 bridgehead atoms. The highest BCUT2D eigenvalue weighted by Gasteiger charge is 2.15. The van der Waals surface area contributed by atoms with Gasteiger partial charge in [0.25, 0.3) is 0 Å². The number of sulfonamides is 1. The highest BCUT2D eigenvalue weighted by atomic mass is 35.5. The molecule has 1 N–H and O–H groups in total. The number of thioether (sulfide) groups is 1. The molecule has 0 saturated carbocycles. The molecule has 0 radical (unpaired) electrons. The van der Waals surface area contributed by atoms with Gasteiger partial charge >= 0.3 is 0 Å². The van der Waals surface area contributed by atoms with E-state index in [9.17, 15) is 8.42 Å². The third-order valence-electron chi connectivity index (χ3n) is 3.49. The summed E-state index contributed by atoms with van der Waals surface area (Å²) in [7, 11) is -2.08. The summed E-state index contributed by atoms with van der Waals surface area (Å²) in [4.78, 5) is 0.136. The van der Waals surface area contributed by atoms with Crippen molar-refractivity contribution >= 4 is 33.4 Å². The Balaban J connectivity index is 1.85. The molecule has 0 aliphatic heterocycles. The van der Waals surface area contributed by atoms with Gasteiger partial charge in [0.05, 0.1) is 17.0 Å². The molecular formula is C17H20ClNO3S2. The van der Waals surface area contributed by atoms with Gasteiger partial charge in [0.15, 0.2) is 0 Å². The van der Waals surface area contributed by atoms with E-state index in [1.807, 2.05) is 12.1 Å². The lowest BCUT2D eigenvalue weighted by Crippen LogP contribution is -2.26. The number of rotatable bonds is 8. The first kappa shape index (κ1) is 19.1. The van der Waals surface area contributed by atoms with E-state index in [1.54, 1.807) is 17.8 Å². The quantitative estimate of drug-likeness (QED) is 0.701. The van der Waals surface area contributed by atoms with Crippen molar-refractivity contribution in [3.05, 3.63) is 58.6 Å². The van der Waals surface area contributed by atoms with Crippen LogP contribution in [0.3, 0.4) is 0 Å². The van der Waals surface area contributed by atoms with Crippen LogP contribution in [0.4, 0.5) is 0 Å². The van der Waals surface area contributed by atoms with Crippen molar-refractivity contribution in [3.8, 4) is 5.75 Å². The molecule has 0 aliphatic carbocycles. The number of hydrogen-bond donors (Lipinski definition) is 1. The van der Waals surface area contributed by atoms with Crippen LogP contribution in [0.15, 0.2) is 47.4 Å². The Hall–Kier alpha value is -1.21. The fourth-order valence-corrected chi connectivity index (χ4v) is 4.54. The first-order valence-corrected chi connectivity index (χ1v) is 10.4. The maximum atomic E-state index is 12.3. The Kier molecular flexibility index (Phi) is 6.98. The molecule has 0 aromatic heterocycles. The Bertz CT molecular complexity index is 794. The number of ether oxygens (including phenoxy) is 1. The lowest BCUT2D eigenvalue weighted by Gasteiger charge is -2.09. The number of methoxy groups -OCH3 is 1. The molecule has 0 fully saturated rings.